The molecule has 1 aliphatic heterocycles. The zero-order chi connectivity index (χ0) is 23.5. The molecule has 1 saturated heterocycles. The summed E-state index contributed by atoms with van der Waals surface area (Å²) in [4.78, 5) is 35.8. The fourth-order valence-electron chi connectivity index (χ4n) is 2.95. The third kappa shape index (κ3) is 5.68. The van der Waals surface area contributed by atoms with Crippen LogP contribution in [0.2, 0.25) is 0 Å². The SMILES string of the molecule is O=C(OCCc1c[nH]c(=O)c(C(F)(F)F)c1)N1CCN(c2ncc(C(F)(F)F)cn2)CC1. The normalized spacial score (nSPS) is 15.1. The predicted octanol–water partition coefficient (Wildman–Crippen LogP) is 2.70. The van der Waals surface area contributed by atoms with Gasteiger partial charge in [-0.2, -0.15) is 26.3 Å². The standard InChI is InChI=1S/C18H17F6N5O3/c19-17(20,21)12-9-26-15(27-10-12)28-2-4-29(5-3-28)16(31)32-6-1-11-7-13(18(22,23)24)14(30)25-8-11/h7-10H,1-6H2,(H,25,30). The lowest BCUT2D eigenvalue weighted by Crippen LogP contribution is -2.49. The minimum absolute atomic E-state index is 0.0367. The summed E-state index contributed by atoms with van der Waals surface area (Å²) in [5.74, 6) is 0.101. The molecule has 0 atom stereocenters. The first-order valence-corrected chi connectivity index (χ1v) is 9.30. The molecule has 1 fully saturated rings. The van der Waals surface area contributed by atoms with E-state index in [-0.39, 0.29) is 50.7 Å². The fraction of sp³-hybridized carbons (Fsp3) is 0.444. The first kappa shape index (κ1) is 23.3. The smallest absolute Gasteiger partial charge is 0.421 e. The van der Waals surface area contributed by atoms with Gasteiger partial charge in [-0.05, 0) is 11.6 Å². The Morgan fingerprint density at radius 2 is 1.66 bits per heavy atom. The number of carbonyl (C=O) groups is 1. The van der Waals surface area contributed by atoms with E-state index in [1.54, 1.807) is 4.90 Å². The Bertz CT molecular complexity index is 998. The second-order valence-corrected chi connectivity index (χ2v) is 6.86. The minimum Gasteiger partial charge on any atom is -0.449 e. The monoisotopic (exact) mass is 465 g/mol. The summed E-state index contributed by atoms with van der Waals surface area (Å²) >= 11 is 0. The third-order valence-corrected chi connectivity index (χ3v) is 4.67. The second-order valence-electron chi connectivity index (χ2n) is 6.86. The lowest BCUT2D eigenvalue weighted by Gasteiger charge is -2.34. The molecule has 0 spiro atoms. The van der Waals surface area contributed by atoms with Gasteiger partial charge in [-0.15, -0.1) is 0 Å². The molecule has 2 aromatic heterocycles. The van der Waals surface area contributed by atoms with Gasteiger partial charge in [0.15, 0.2) is 0 Å². The fourth-order valence-corrected chi connectivity index (χ4v) is 2.95. The maximum Gasteiger partial charge on any atom is 0.421 e. The molecule has 14 heteroatoms. The van der Waals surface area contributed by atoms with Crippen molar-refractivity contribution in [3.63, 3.8) is 0 Å². The Kier molecular flexibility index (Phi) is 6.60. The topological polar surface area (TPSA) is 91.4 Å². The van der Waals surface area contributed by atoms with E-state index in [1.165, 1.54) is 4.90 Å². The van der Waals surface area contributed by atoms with Crippen molar-refractivity contribution in [3.05, 3.63) is 51.7 Å². The maximum absolute atomic E-state index is 12.8. The van der Waals surface area contributed by atoms with Gasteiger partial charge in [-0.3, -0.25) is 4.79 Å². The molecule has 1 N–H and O–H groups in total. The van der Waals surface area contributed by atoms with Gasteiger partial charge < -0.3 is 19.5 Å². The number of aromatic amines is 1. The second kappa shape index (κ2) is 9.04. The summed E-state index contributed by atoms with van der Waals surface area (Å²) in [6.45, 7) is 0.704. The molecule has 0 aromatic carbocycles. The van der Waals surface area contributed by atoms with Gasteiger partial charge in [0.05, 0.1) is 12.2 Å². The molecular formula is C18H17F6N5O3. The highest BCUT2D eigenvalue weighted by molar-refractivity contribution is 5.68. The number of ether oxygens (including phenoxy) is 1. The maximum atomic E-state index is 12.8. The van der Waals surface area contributed by atoms with Crippen LogP contribution in [0, 0.1) is 0 Å². The van der Waals surface area contributed by atoms with E-state index in [0.717, 1.165) is 6.20 Å². The van der Waals surface area contributed by atoms with Crippen molar-refractivity contribution in [2.75, 3.05) is 37.7 Å². The van der Waals surface area contributed by atoms with Gasteiger partial charge in [-0.1, -0.05) is 0 Å². The van der Waals surface area contributed by atoms with Crippen LogP contribution >= 0.6 is 0 Å². The van der Waals surface area contributed by atoms with E-state index < -0.39 is 35.1 Å². The van der Waals surface area contributed by atoms with Crippen LogP contribution in [0.15, 0.2) is 29.5 Å². The first-order valence-electron chi connectivity index (χ1n) is 9.30. The number of carbonyl (C=O) groups excluding carboxylic acids is 1. The Balaban J connectivity index is 1.47. The largest absolute Gasteiger partial charge is 0.449 e. The number of alkyl halides is 6. The van der Waals surface area contributed by atoms with Crippen LogP contribution in [0.25, 0.3) is 0 Å². The summed E-state index contributed by atoms with van der Waals surface area (Å²) in [6, 6.07) is 0.704. The number of nitrogens with one attached hydrogen (secondary N) is 1. The highest BCUT2D eigenvalue weighted by Gasteiger charge is 2.34. The molecule has 3 rings (SSSR count). The Morgan fingerprint density at radius 3 is 2.22 bits per heavy atom. The van der Waals surface area contributed by atoms with E-state index in [0.29, 0.717) is 18.5 Å². The molecule has 1 amide bonds. The van der Waals surface area contributed by atoms with Crippen LogP contribution in [0.3, 0.4) is 0 Å². The van der Waals surface area contributed by atoms with Crippen molar-refractivity contribution in [1.82, 2.24) is 19.9 Å². The lowest BCUT2D eigenvalue weighted by atomic mass is 10.1. The molecule has 174 valence electrons. The zero-order valence-corrected chi connectivity index (χ0v) is 16.3. The summed E-state index contributed by atoms with van der Waals surface area (Å²) in [6.07, 6.45) is -7.56. The molecule has 32 heavy (non-hydrogen) atoms. The zero-order valence-electron chi connectivity index (χ0n) is 16.3. The van der Waals surface area contributed by atoms with Gasteiger partial charge in [0.1, 0.15) is 5.56 Å². The van der Waals surface area contributed by atoms with Crippen molar-refractivity contribution in [2.45, 2.75) is 18.8 Å². The summed E-state index contributed by atoms with van der Waals surface area (Å²) in [5, 5.41) is 0. The number of nitrogens with zero attached hydrogens (tertiary/aromatic N) is 4. The highest BCUT2D eigenvalue weighted by Crippen LogP contribution is 2.28. The Hall–Kier alpha value is -3.32. The number of halogens is 6. The van der Waals surface area contributed by atoms with E-state index in [4.69, 9.17) is 4.74 Å². The van der Waals surface area contributed by atoms with Crippen LogP contribution in [0.1, 0.15) is 16.7 Å². The van der Waals surface area contributed by atoms with Crippen LogP contribution in [0.4, 0.5) is 37.1 Å². The van der Waals surface area contributed by atoms with Crippen molar-refractivity contribution >= 4 is 12.0 Å². The highest BCUT2D eigenvalue weighted by atomic mass is 19.4. The van der Waals surface area contributed by atoms with Crippen molar-refractivity contribution < 1.29 is 35.9 Å². The van der Waals surface area contributed by atoms with Gasteiger partial charge in [0.2, 0.25) is 5.95 Å². The number of pyridine rings is 1. The molecule has 0 radical (unpaired) electrons. The molecule has 0 saturated carbocycles. The van der Waals surface area contributed by atoms with Crippen molar-refractivity contribution in [3.8, 4) is 0 Å². The van der Waals surface area contributed by atoms with Crippen LogP contribution in [0.5, 0.6) is 0 Å². The number of amides is 1. The molecule has 0 unspecified atom stereocenters. The number of piperazine rings is 1. The number of aromatic nitrogens is 3. The summed E-state index contributed by atoms with van der Waals surface area (Å²) in [7, 11) is 0. The van der Waals surface area contributed by atoms with Crippen LogP contribution in [-0.2, 0) is 23.5 Å². The quantitative estimate of drug-likeness (QED) is 0.699. The Labute approximate surface area is 176 Å². The minimum atomic E-state index is -4.79. The van der Waals surface area contributed by atoms with Crippen LogP contribution in [-0.4, -0.2) is 58.7 Å². The number of anilines is 1. The Morgan fingerprint density at radius 1 is 1.03 bits per heavy atom. The first-order chi connectivity index (χ1) is 14.9. The molecule has 2 aromatic rings. The van der Waals surface area contributed by atoms with Crippen molar-refractivity contribution in [2.24, 2.45) is 0 Å². The average Bonchev–Trinajstić information content (AvgIpc) is 2.73. The predicted molar refractivity (Wildman–Crippen MR) is 97.9 cm³/mol. The van der Waals surface area contributed by atoms with E-state index in [2.05, 4.69) is 9.97 Å². The molecule has 0 bridgehead atoms. The third-order valence-electron chi connectivity index (χ3n) is 4.67. The number of rotatable bonds is 4. The van der Waals surface area contributed by atoms with E-state index >= 15 is 0 Å². The summed E-state index contributed by atoms with van der Waals surface area (Å²) in [5.41, 5.74) is -3.40. The van der Waals surface area contributed by atoms with Gasteiger partial charge >= 0.3 is 18.4 Å². The van der Waals surface area contributed by atoms with Gasteiger partial charge in [0.25, 0.3) is 5.56 Å². The van der Waals surface area contributed by atoms with E-state index in [1.807, 2.05) is 4.98 Å². The number of hydrogen-bond acceptors (Lipinski definition) is 6. The van der Waals surface area contributed by atoms with E-state index in [9.17, 15) is 35.9 Å². The summed E-state index contributed by atoms with van der Waals surface area (Å²) < 4.78 is 81.1. The van der Waals surface area contributed by atoms with Gasteiger partial charge in [-0.25, -0.2) is 14.8 Å². The average molecular weight is 465 g/mol. The lowest BCUT2D eigenvalue weighted by molar-refractivity contribution is -0.139. The molecule has 0 aliphatic carbocycles. The molecule has 3 heterocycles. The molecule has 8 nitrogen and oxygen atoms in total. The number of hydrogen-bond donors (Lipinski definition) is 1. The van der Waals surface area contributed by atoms with Crippen molar-refractivity contribution in [1.29, 1.82) is 0 Å². The number of H-pyrrole nitrogens is 1. The van der Waals surface area contributed by atoms with Gasteiger partial charge in [0, 0.05) is 51.2 Å². The molecule has 1 aliphatic rings. The van der Waals surface area contributed by atoms with Crippen LogP contribution < -0.4 is 10.5 Å². The molecular weight excluding hydrogens is 448 g/mol.